The molecule has 1 fully saturated rings. The lowest BCUT2D eigenvalue weighted by molar-refractivity contribution is -0.143. The zero-order valence-corrected chi connectivity index (χ0v) is 14.7. The van der Waals surface area contributed by atoms with Crippen LogP contribution in [0, 0.1) is 0 Å². The average molecular weight is 334 g/mol. The van der Waals surface area contributed by atoms with Crippen LogP contribution in [0.4, 0.5) is 0 Å². The first-order valence-electron chi connectivity index (χ1n) is 8.23. The van der Waals surface area contributed by atoms with Gasteiger partial charge in [-0.15, -0.1) is 0 Å². The molecular weight excluding hydrogens is 308 g/mol. The van der Waals surface area contributed by atoms with Crippen molar-refractivity contribution in [2.24, 2.45) is 0 Å². The molecule has 2 amide bonds. The number of methoxy groups -OCH3 is 1. The van der Waals surface area contributed by atoms with Crippen molar-refractivity contribution in [3.05, 3.63) is 29.8 Å². The van der Waals surface area contributed by atoms with Crippen LogP contribution in [-0.4, -0.2) is 49.1 Å². The summed E-state index contributed by atoms with van der Waals surface area (Å²) in [5.41, 5.74) is 0.883. The first kappa shape index (κ1) is 18.3. The van der Waals surface area contributed by atoms with E-state index in [1.807, 2.05) is 43.0 Å². The average Bonchev–Trinajstić information content (AvgIpc) is 2.53. The quantitative estimate of drug-likeness (QED) is 0.893. The molecule has 24 heavy (non-hydrogen) atoms. The minimum absolute atomic E-state index is 0.0200. The van der Waals surface area contributed by atoms with Crippen LogP contribution in [0.15, 0.2) is 24.3 Å². The van der Waals surface area contributed by atoms with Gasteiger partial charge in [-0.25, -0.2) is 0 Å². The van der Waals surface area contributed by atoms with Gasteiger partial charge in [-0.2, -0.15) is 0 Å². The Kier molecular flexibility index (Phi) is 6.20. The number of hydrogen-bond donors (Lipinski definition) is 1. The van der Waals surface area contributed by atoms with Crippen molar-refractivity contribution in [3.8, 4) is 5.75 Å². The largest absolute Gasteiger partial charge is 0.497 e. The van der Waals surface area contributed by atoms with Crippen LogP contribution in [0.2, 0.25) is 0 Å². The maximum atomic E-state index is 12.7. The summed E-state index contributed by atoms with van der Waals surface area (Å²) < 4.78 is 10.8. The number of carbonyl (C=O) groups is 2. The maximum absolute atomic E-state index is 12.7. The molecule has 1 aromatic carbocycles. The van der Waals surface area contributed by atoms with E-state index in [0.29, 0.717) is 13.1 Å². The molecule has 6 nitrogen and oxygen atoms in total. The predicted octanol–water partition coefficient (Wildman–Crippen LogP) is 1.90. The summed E-state index contributed by atoms with van der Waals surface area (Å²) in [6.07, 6.45) is 0.279. The fourth-order valence-corrected chi connectivity index (χ4v) is 3.02. The van der Waals surface area contributed by atoms with E-state index in [0.717, 1.165) is 11.3 Å². The Morgan fingerprint density at radius 2 is 1.83 bits per heavy atom. The molecule has 0 aliphatic carbocycles. The van der Waals surface area contributed by atoms with E-state index in [9.17, 15) is 9.59 Å². The van der Waals surface area contributed by atoms with E-state index in [1.165, 1.54) is 6.92 Å². The summed E-state index contributed by atoms with van der Waals surface area (Å²) >= 11 is 0. The number of nitrogens with one attached hydrogen (secondary N) is 1. The number of ether oxygens (including phenoxy) is 2. The highest BCUT2D eigenvalue weighted by Crippen LogP contribution is 2.22. The highest BCUT2D eigenvalue weighted by molar-refractivity contribution is 5.79. The van der Waals surface area contributed by atoms with E-state index in [2.05, 4.69) is 5.32 Å². The molecule has 0 radical (unpaired) electrons. The van der Waals surface area contributed by atoms with Gasteiger partial charge in [0.2, 0.25) is 11.8 Å². The Morgan fingerprint density at radius 1 is 1.25 bits per heavy atom. The number of morpholine rings is 1. The summed E-state index contributed by atoms with van der Waals surface area (Å²) in [7, 11) is 1.60. The second-order valence-corrected chi connectivity index (χ2v) is 6.29. The van der Waals surface area contributed by atoms with Crippen molar-refractivity contribution in [1.29, 1.82) is 0 Å². The highest BCUT2D eigenvalue weighted by Gasteiger charge is 2.28. The number of nitrogens with zero attached hydrogens (tertiary/aromatic N) is 1. The molecule has 1 saturated heterocycles. The molecule has 132 valence electrons. The second kappa shape index (κ2) is 8.15. The lowest BCUT2D eigenvalue weighted by Crippen LogP contribution is -2.49. The summed E-state index contributed by atoms with van der Waals surface area (Å²) in [6, 6.07) is 7.05. The van der Waals surface area contributed by atoms with Gasteiger partial charge in [0, 0.05) is 20.0 Å². The zero-order chi connectivity index (χ0) is 17.7. The summed E-state index contributed by atoms with van der Waals surface area (Å²) in [5, 5.41) is 2.87. The van der Waals surface area contributed by atoms with Gasteiger partial charge in [0.15, 0.2) is 0 Å². The molecule has 0 unspecified atom stereocenters. The number of rotatable bonds is 5. The molecular formula is C18H26N2O4. The molecule has 1 aliphatic rings. The van der Waals surface area contributed by atoms with E-state index in [-0.39, 0.29) is 36.5 Å². The molecule has 0 aromatic heterocycles. The van der Waals surface area contributed by atoms with Crippen LogP contribution < -0.4 is 10.1 Å². The maximum Gasteiger partial charge on any atom is 0.225 e. The molecule has 0 spiro atoms. The molecule has 6 heteroatoms. The van der Waals surface area contributed by atoms with Crippen LogP contribution in [0.25, 0.3) is 0 Å². The van der Waals surface area contributed by atoms with Gasteiger partial charge in [0.1, 0.15) is 5.75 Å². The lowest BCUT2D eigenvalue weighted by Gasteiger charge is -2.36. The van der Waals surface area contributed by atoms with Crippen LogP contribution in [0.3, 0.4) is 0 Å². The summed E-state index contributed by atoms with van der Waals surface area (Å²) in [6.45, 7) is 6.55. The summed E-state index contributed by atoms with van der Waals surface area (Å²) in [4.78, 5) is 26.0. The highest BCUT2D eigenvalue weighted by atomic mass is 16.5. The van der Waals surface area contributed by atoms with Crippen molar-refractivity contribution < 1.29 is 19.1 Å². The van der Waals surface area contributed by atoms with E-state index in [4.69, 9.17) is 9.47 Å². The number of amides is 2. The molecule has 1 aromatic rings. The number of benzene rings is 1. The number of carbonyl (C=O) groups excluding carboxylic acids is 2. The minimum atomic E-state index is -0.352. The van der Waals surface area contributed by atoms with Crippen LogP contribution in [0.1, 0.15) is 38.8 Å². The zero-order valence-electron chi connectivity index (χ0n) is 14.7. The number of hydrogen-bond acceptors (Lipinski definition) is 4. The van der Waals surface area contributed by atoms with Gasteiger partial charge >= 0.3 is 0 Å². The Labute approximate surface area is 143 Å². The topological polar surface area (TPSA) is 67.9 Å². The van der Waals surface area contributed by atoms with E-state index >= 15 is 0 Å². The molecule has 1 N–H and O–H groups in total. The van der Waals surface area contributed by atoms with Crippen LogP contribution in [-0.2, 0) is 14.3 Å². The predicted molar refractivity (Wildman–Crippen MR) is 90.8 cm³/mol. The molecule has 2 rings (SSSR count). The van der Waals surface area contributed by atoms with Gasteiger partial charge in [-0.1, -0.05) is 12.1 Å². The van der Waals surface area contributed by atoms with Crippen molar-refractivity contribution in [3.63, 3.8) is 0 Å². The Bertz CT molecular complexity index is 563. The van der Waals surface area contributed by atoms with Gasteiger partial charge in [-0.3, -0.25) is 9.59 Å². The first-order chi connectivity index (χ1) is 11.4. The Balaban J connectivity index is 2.09. The van der Waals surface area contributed by atoms with Crippen molar-refractivity contribution >= 4 is 11.8 Å². The molecule has 1 aliphatic heterocycles. The lowest BCUT2D eigenvalue weighted by atomic mass is 10.0. The Morgan fingerprint density at radius 3 is 2.33 bits per heavy atom. The first-order valence-corrected chi connectivity index (χ1v) is 8.23. The molecule has 1 heterocycles. The molecule has 0 bridgehead atoms. The third-order valence-electron chi connectivity index (χ3n) is 4.05. The molecule has 3 atom stereocenters. The second-order valence-electron chi connectivity index (χ2n) is 6.29. The van der Waals surface area contributed by atoms with Gasteiger partial charge in [0.25, 0.3) is 0 Å². The summed E-state index contributed by atoms with van der Waals surface area (Å²) in [5.74, 6) is 0.599. The fourth-order valence-electron chi connectivity index (χ4n) is 3.02. The van der Waals surface area contributed by atoms with Crippen molar-refractivity contribution in [1.82, 2.24) is 10.2 Å². The third kappa shape index (κ3) is 4.96. The van der Waals surface area contributed by atoms with Crippen molar-refractivity contribution in [2.75, 3.05) is 20.2 Å². The normalized spacial score (nSPS) is 21.9. The monoisotopic (exact) mass is 334 g/mol. The third-order valence-corrected chi connectivity index (χ3v) is 4.05. The van der Waals surface area contributed by atoms with E-state index in [1.54, 1.807) is 7.11 Å². The fraction of sp³-hybridized carbons (Fsp3) is 0.556. The van der Waals surface area contributed by atoms with Crippen molar-refractivity contribution in [2.45, 2.75) is 45.4 Å². The van der Waals surface area contributed by atoms with Crippen LogP contribution >= 0.6 is 0 Å². The van der Waals surface area contributed by atoms with Gasteiger partial charge in [0.05, 0.1) is 31.8 Å². The van der Waals surface area contributed by atoms with Gasteiger partial charge in [-0.05, 0) is 31.5 Å². The smallest absolute Gasteiger partial charge is 0.225 e. The van der Waals surface area contributed by atoms with Crippen LogP contribution in [0.5, 0.6) is 5.75 Å². The van der Waals surface area contributed by atoms with E-state index < -0.39 is 0 Å². The van der Waals surface area contributed by atoms with Gasteiger partial charge < -0.3 is 19.7 Å². The SMILES string of the molecule is COc1ccc([C@H](CC(=O)N2C[C@@H](C)O[C@H](C)C2)NC(C)=O)cc1. The Hall–Kier alpha value is -2.08. The standard InChI is InChI=1S/C18H26N2O4/c1-12-10-20(11-13(2)24-12)18(22)9-17(19-14(3)21)15-5-7-16(23-4)8-6-15/h5-8,12-13,17H,9-11H2,1-4H3,(H,19,21)/t12-,13-,17+/m1/s1. The molecule has 0 saturated carbocycles. The minimum Gasteiger partial charge on any atom is -0.497 e.